The molecule has 16 heavy (non-hydrogen) atoms. The Morgan fingerprint density at radius 1 is 1.38 bits per heavy atom. The van der Waals surface area contributed by atoms with Gasteiger partial charge in [0.1, 0.15) is 5.82 Å². The first kappa shape index (κ1) is 11.5. The summed E-state index contributed by atoms with van der Waals surface area (Å²) in [6, 6.07) is 7.58. The molecule has 1 aromatic carbocycles. The number of rotatable bonds is 2. The predicted octanol–water partition coefficient (Wildman–Crippen LogP) is 4.34. The van der Waals surface area contributed by atoms with Crippen LogP contribution in [0.5, 0.6) is 0 Å². The zero-order chi connectivity index (χ0) is 11.7. The van der Waals surface area contributed by atoms with Gasteiger partial charge in [-0.2, -0.15) is 0 Å². The summed E-state index contributed by atoms with van der Waals surface area (Å²) in [5, 5.41) is 0.608. The molecular weight excluding hydrogens is 243 g/mol. The molecule has 0 radical (unpaired) electrons. The molecule has 0 fully saturated rings. The van der Waals surface area contributed by atoms with Crippen LogP contribution in [-0.4, -0.2) is 9.97 Å². The molecule has 2 rings (SSSR count). The van der Waals surface area contributed by atoms with Crippen molar-refractivity contribution in [2.24, 2.45) is 0 Å². The van der Waals surface area contributed by atoms with Crippen LogP contribution >= 0.6 is 23.2 Å². The number of nitrogens with zero attached hydrogens (tertiary/aromatic N) is 1. The summed E-state index contributed by atoms with van der Waals surface area (Å²) in [7, 11) is 0. The lowest BCUT2D eigenvalue weighted by molar-refractivity contribution is 0.998. The van der Waals surface area contributed by atoms with Gasteiger partial charge in [-0.1, -0.05) is 23.7 Å². The van der Waals surface area contributed by atoms with E-state index in [0.29, 0.717) is 5.02 Å². The molecular formula is C12H12Cl2N2. The van der Waals surface area contributed by atoms with E-state index in [1.54, 1.807) is 0 Å². The summed E-state index contributed by atoms with van der Waals surface area (Å²) >= 11 is 12.0. The van der Waals surface area contributed by atoms with Crippen LogP contribution in [0.2, 0.25) is 5.02 Å². The van der Waals surface area contributed by atoms with Gasteiger partial charge in [0.25, 0.3) is 0 Å². The van der Waals surface area contributed by atoms with Gasteiger partial charge >= 0.3 is 0 Å². The molecule has 0 saturated heterocycles. The quantitative estimate of drug-likeness (QED) is 0.794. The Labute approximate surface area is 105 Å². The lowest BCUT2D eigenvalue weighted by Crippen LogP contribution is -1.87. The second kappa shape index (κ2) is 4.48. The minimum absolute atomic E-state index is 0.0933. The average Bonchev–Trinajstić information content (AvgIpc) is 2.60. The normalized spacial score (nSPS) is 12.8. The van der Waals surface area contributed by atoms with E-state index in [9.17, 15) is 0 Å². The molecule has 0 bridgehead atoms. The van der Waals surface area contributed by atoms with E-state index < -0.39 is 0 Å². The first-order valence-electron chi connectivity index (χ1n) is 5.04. The molecule has 84 valence electrons. The molecule has 1 N–H and O–H groups in total. The highest BCUT2D eigenvalue weighted by atomic mass is 35.5. The monoisotopic (exact) mass is 254 g/mol. The van der Waals surface area contributed by atoms with E-state index in [1.807, 2.05) is 38.1 Å². The van der Waals surface area contributed by atoms with Crippen LogP contribution in [0.1, 0.15) is 23.7 Å². The Morgan fingerprint density at radius 2 is 2.12 bits per heavy atom. The molecule has 0 saturated carbocycles. The number of aromatic amines is 1. The van der Waals surface area contributed by atoms with E-state index in [1.165, 1.54) is 0 Å². The fourth-order valence-corrected chi connectivity index (χ4v) is 2.04. The highest BCUT2D eigenvalue weighted by molar-refractivity contribution is 6.30. The number of imidazole rings is 1. The van der Waals surface area contributed by atoms with Crippen LogP contribution in [0.3, 0.4) is 0 Å². The van der Waals surface area contributed by atoms with Crippen molar-refractivity contribution in [1.82, 2.24) is 9.97 Å². The highest BCUT2D eigenvalue weighted by Gasteiger charge is 2.12. The predicted molar refractivity (Wildman–Crippen MR) is 68.0 cm³/mol. The van der Waals surface area contributed by atoms with E-state index in [4.69, 9.17) is 23.2 Å². The molecule has 2 aromatic rings. The van der Waals surface area contributed by atoms with Crippen LogP contribution in [0.15, 0.2) is 24.3 Å². The van der Waals surface area contributed by atoms with Crippen LogP contribution in [0.4, 0.5) is 0 Å². The van der Waals surface area contributed by atoms with Crippen molar-refractivity contribution in [3.63, 3.8) is 0 Å². The Bertz CT molecular complexity index is 503. The first-order valence-corrected chi connectivity index (χ1v) is 5.86. The standard InChI is InChI=1S/C12H12Cl2N2/c1-7(13)11-8(2)15-12(16-11)9-4-3-5-10(14)6-9/h3-7H,1-2H3,(H,15,16). The third-order valence-corrected chi connectivity index (χ3v) is 2.84. The lowest BCUT2D eigenvalue weighted by Gasteiger charge is -1.98. The summed E-state index contributed by atoms with van der Waals surface area (Å²) in [6.45, 7) is 3.88. The fraction of sp³-hybridized carbons (Fsp3) is 0.250. The third-order valence-electron chi connectivity index (χ3n) is 2.40. The second-order valence-corrected chi connectivity index (χ2v) is 4.81. The Hall–Kier alpha value is -0.990. The average molecular weight is 255 g/mol. The molecule has 2 nitrogen and oxygen atoms in total. The maximum absolute atomic E-state index is 6.03. The lowest BCUT2D eigenvalue weighted by atomic mass is 10.2. The second-order valence-electron chi connectivity index (χ2n) is 3.72. The van der Waals surface area contributed by atoms with Crippen molar-refractivity contribution < 1.29 is 0 Å². The van der Waals surface area contributed by atoms with Crippen LogP contribution in [-0.2, 0) is 0 Å². The van der Waals surface area contributed by atoms with Crippen molar-refractivity contribution in [1.29, 1.82) is 0 Å². The maximum Gasteiger partial charge on any atom is 0.137 e. The third kappa shape index (κ3) is 2.23. The SMILES string of the molecule is Cc1[nH]c(-c2cccc(Cl)c2)nc1C(C)Cl. The maximum atomic E-state index is 6.03. The number of H-pyrrole nitrogens is 1. The van der Waals surface area contributed by atoms with Crippen LogP contribution in [0.25, 0.3) is 11.4 Å². The number of aryl methyl sites for hydroxylation is 1. The first-order chi connectivity index (χ1) is 7.58. The number of nitrogens with one attached hydrogen (secondary N) is 1. The summed E-state index contributed by atoms with van der Waals surface area (Å²) in [4.78, 5) is 7.69. The summed E-state index contributed by atoms with van der Waals surface area (Å²) < 4.78 is 0. The molecule has 0 aliphatic rings. The number of aromatic nitrogens is 2. The largest absolute Gasteiger partial charge is 0.342 e. The fourth-order valence-electron chi connectivity index (χ4n) is 1.63. The van der Waals surface area contributed by atoms with E-state index in [0.717, 1.165) is 22.8 Å². The highest BCUT2D eigenvalue weighted by Crippen LogP contribution is 2.26. The van der Waals surface area contributed by atoms with E-state index >= 15 is 0 Å². The molecule has 1 atom stereocenters. The summed E-state index contributed by atoms with van der Waals surface area (Å²) in [5.74, 6) is 0.808. The Balaban J connectivity index is 2.45. The van der Waals surface area contributed by atoms with E-state index in [-0.39, 0.29) is 5.38 Å². The molecule has 4 heteroatoms. The van der Waals surface area contributed by atoms with Gasteiger partial charge in [0.15, 0.2) is 0 Å². The minimum Gasteiger partial charge on any atom is -0.342 e. The molecule has 0 aliphatic carbocycles. The molecule has 0 spiro atoms. The van der Waals surface area contributed by atoms with Crippen molar-refractivity contribution in [2.45, 2.75) is 19.2 Å². The number of hydrogen-bond acceptors (Lipinski definition) is 1. The van der Waals surface area contributed by atoms with Crippen molar-refractivity contribution in [3.8, 4) is 11.4 Å². The number of alkyl halides is 1. The summed E-state index contributed by atoms with van der Waals surface area (Å²) in [5.41, 5.74) is 2.85. The minimum atomic E-state index is -0.0933. The zero-order valence-corrected chi connectivity index (χ0v) is 10.6. The number of benzene rings is 1. The molecule has 1 heterocycles. The van der Waals surface area contributed by atoms with Gasteiger partial charge in [-0.05, 0) is 26.0 Å². The molecule has 1 aromatic heterocycles. The summed E-state index contributed by atoms with van der Waals surface area (Å²) in [6.07, 6.45) is 0. The van der Waals surface area contributed by atoms with Crippen molar-refractivity contribution in [2.75, 3.05) is 0 Å². The smallest absolute Gasteiger partial charge is 0.137 e. The van der Waals surface area contributed by atoms with Gasteiger partial charge < -0.3 is 4.98 Å². The van der Waals surface area contributed by atoms with Gasteiger partial charge in [0.05, 0.1) is 11.1 Å². The van der Waals surface area contributed by atoms with Gasteiger partial charge in [-0.3, -0.25) is 0 Å². The number of hydrogen-bond donors (Lipinski definition) is 1. The Kier molecular flexibility index (Phi) is 3.22. The molecule has 0 aliphatic heterocycles. The topological polar surface area (TPSA) is 28.7 Å². The van der Waals surface area contributed by atoms with Gasteiger partial charge in [-0.25, -0.2) is 4.98 Å². The molecule has 1 unspecified atom stereocenters. The van der Waals surface area contributed by atoms with Gasteiger partial charge in [0.2, 0.25) is 0 Å². The molecule has 0 amide bonds. The zero-order valence-electron chi connectivity index (χ0n) is 9.09. The van der Waals surface area contributed by atoms with Gasteiger partial charge in [-0.15, -0.1) is 11.6 Å². The van der Waals surface area contributed by atoms with Crippen LogP contribution in [0, 0.1) is 6.92 Å². The Morgan fingerprint density at radius 3 is 2.69 bits per heavy atom. The van der Waals surface area contributed by atoms with Crippen LogP contribution < -0.4 is 0 Å². The van der Waals surface area contributed by atoms with E-state index in [2.05, 4.69) is 9.97 Å². The van der Waals surface area contributed by atoms with Gasteiger partial charge in [0, 0.05) is 16.3 Å². The van der Waals surface area contributed by atoms with Crippen molar-refractivity contribution in [3.05, 3.63) is 40.7 Å². The number of halogens is 2. The van der Waals surface area contributed by atoms with Crippen molar-refractivity contribution >= 4 is 23.2 Å².